The predicted molar refractivity (Wildman–Crippen MR) is 112 cm³/mol. The lowest BCUT2D eigenvalue weighted by Crippen LogP contribution is -2.28. The van der Waals surface area contributed by atoms with E-state index in [9.17, 15) is 28.2 Å². The first-order valence-electron chi connectivity index (χ1n) is 9.34. The molecule has 158 valence electrons. The number of phenols is 1. The molecule has 0 fully saturated rings. The lowest BCUT2D eigenvalue weighted by Gasteiger charge is -2.15. The van der Waals surface area contributed by atoms with Gasteiger partial charge in [-0.05, 0) is 26.0 Å². The van der Waals surface area contributed by atoms with E-state index >= 15 is 0 Å². The van der Waals surface area contributed by atoms with Crippen molar-refractivity contribution in [3.8, 4) is 5.75 Å². The van der Waals surface area contributed by atoms with Crippen LogP contribution in [0.15, 0.2) is 48.5 Å². The Morgan fingerprint density at radius 1 is 1.17 bits per heavy atom. The zero-order valence-corrected chi connectivity index (χ0v) is 17.4. The average molecular weight is 430 g/mol. The minimum Gasteiger partial charge on any atom is -0.748 e. The van der Waals surface area contributed by atoms with Gasteiger partial charge in [-0.1, -0.05) is 18.2 Å². The number of nitrogens with zero attached hydrogens (tertiary/aromatic N) is 2. The van der Waals surface area contributed by atoms with Crippen LogP contribution in [-0.2, 0) is 15.5 Å². The van der Waals surface area contributed by atoms with E-state index in [0.29, 0.717) is 12.1 Å². The van der Waals surface area contributed by atoms with Crippen molar-refractivity contribution >= 4 is 33.3 Å². The Balaban J connectivity index is 2.04. The third kappa shape index (κ3) is 4.42. The van der Waals surface area contributed by atoms with Crippen LogP contribution in [0.5, 0.6) is 5.75 Å². The zero-order chi connectivity index (χ0) is 22.1. The van der Waals surface area contributed by atoms with Gasteiger partial charge in [0.1, 0.15) is 12.3 Å². The highest BCUT2D eigenvalue weighted by Gasteiger charge is 2.43. The normalized spacial score (nSPS) is 15.6. The summed E-state index contributed by atoms with van der Waals surface area (Å²) in [4.78, 5) is 10.5. The van der Waals surface area contributed by atoms with Gasteiger partial charge in [0.15, 0.2) is 5.71 Å². The predicted octanol–water partition coefficient (Wildman–Crippen LogP) is 3.33. The third-order valence-corrected chi connectivity index (χ3v) is 6.01. The van der Waals surface area contributed by atoms with Crippen molar-refractivity contribution in [2.24, 2.45) is 0 Å². The van der Waals surface area contributed by atoms with Gasteiger partial charge in [-0.25, -0.2) is 8.42 Å². The van der Waals surface area contributed by atoms with Crippen LogP contribution in [0, 0.1) is 10.1 Å². The Hall–Kier alpha value is -3.04. The molecule has 8 nitrogen and oxygen atoms in total. The quantitative estimate of drug-likeness (QED) is 0.311. The highest BCUT2D eigenvalue weighted by atomic mass is 32.2. The molecule has 0 radical (unpaired) electrons. The van der Waals surface area contributed by atoms with Crippen molar-refractivity contribution in [1.82, 2.24) is 0 Å². The number of rotatable bonds is 7. The maximum atomic E-state index is 11.0. The largest absolute Gasteiger partial charge is 0.748 e. The second-order valence-corrected chi connectivity index (χ2v) is 9.15. The van der Waals surface area contributed by atoms with Crippen LogP contribution in [0.4, 0.5) is 11.4 Å². The van der Waals surface area contributed by atoms with Crippen LogP contribution in [-0.4, -0.2) is 45.6 Å². The average Bonchev–Trinajstić information content (AvgIpc) is 2.87. The number of para-hydroxylation sites is 1. The van der Waals surface area contributed by atoms with Crippen LogP contribution < -0.4 is 0 Å². The molecule has 9 heteroatoms. The SMILES string of the molecule is CC1(C)C(/C=C/c2cc([N+](=O)[O-])ccc2O)=[N+](CCCS(=O)(=O)[O-])c2ccccc21. The fraction of sp³-hybridized carbons (Fsp3) is 0.286. The minimum atomic E-state index is -4.31. The smallest absolute Gasteiger partial charge is 0.270 e. The maximum Gasteiger partial charge on any atom is 0.270 e. The summed E-state index contributed by atoms with van der Waals surface area (Å²) in [6, 6.07) is 11.5. The Bertz CT molecular complexity index is 1170. The molecular formula is C21H22N2O6S. The lowest BCUT2D eigenvalue weighted by molar-refractivity contribution is -0.437. The standard InChI is InChI=1S/C21H22N2O6S/c1-21(2)17-6-3-4-7-18(17)22(12-5-13-30(27,28)29)20(21)11-8-15-14-16(23(25)26)9-10-19(15)24/h3-4,6-11,14H,5,12-13H2,1-2H3,(H,27,28,29). The topological polar surface area (TPSA) is 124 Å². The van der Waals surface area contributed by atoms with Gasteiger partial charge in [-0.2, -0.15) is 4.58 Å². The Morgan fingerprint density at radius 3 is 2.53 bits per heavy atom. The van der Waals surface area contributed by atoms with Gasteiger partial charge < -0.3 is 9.66 Å². The molecule has 0 atom stereocenters. The van der Waals surface area contributed by atoms with Crippen molar-refractivity contribution in [2.45, 2.75) is 25.7 Å². The number of nitro groups is 1. The van der Waals surface area contributed by atoms with Crippen LogP contribution in [0.3, 0.4) is 0 Å². The third-order valence-electron chi connectivity index (χ3n) is 5.22. The molecule has 30 heavy (non-hydrogen) atoms. The molecule has 1 heterocycles. The lowest BCUT2D eigenvalue weighted by atomic mass is 9.81. The van der Waals surface area contributed by atoms with E-state index in [0.717, 1.165) is 17.0 Å². The summed E-state index contributed by atoms with van der Waals surface area (Å²) in [5, 5.41) is 21.1. The molecule has 0 bridgehead atoms. The number of aromatic hydroxyl groups is 1. The zero-order valence-electron chi connectivity index (χ0n) is 16.6. The number of nitro benzene ring substituents is 1. The number of allylic oxidation sites excluding steroid dienone is 1. The molecule has 1 aliphatic heterocycles. The van der Waals surface area contributed by atoms with Gasteiger partial charge in [-0.15, -0.1) is 0 Å². The monoisotopic (exact) mass is 430 g/mol. The molecule has 0 amide bonds. The summed E-state index contributed by atoms with van der Waals surface area (Å²) in [6.45, 7) is 4.36. The van der Waals surface area contributed by atoms with E-state index in [4.69, 9.17) is 0 Å². The van der Waals surface area contributed by atoms with Crippen molar-refractivity contribution in [1.29, 1.82) is 0 Å². The highest BCUT2D eigenvalue weighted by Crippen LogP contribution is 2.40. The second-order valence-electron chi connectivity index (χ2n) is 7.63. The summed E-state index contributed by atoms with van der Waals surface area (Å²) < 4.78 is 35.0. The first-order chi connectivity index (χ1) is 14.0. The van der Waals surface area contributed by atoms with E-state index in [1.54, 1.807) is 12.2 Å². The minimum absolute atomic E-state index is 0.0882. The molecule has 1 aliphatic rings. The molecule has 0 unspecified atom stereocenters. The second kappa shape index (κ2) is 8.00. The van der Waals surface area contributed by atoms with Crippen LogP contribution in [0.1, 0.15) is 31.4 Å². The number of fused-ring (bicyclic) bond motifs is 1. The van der Waals surface area contributed by atoms with E-state index in [1.165, 1.54) is 18.2 Å². The summed E-state index contributed by atoms with van der Waals surface area (Å²) in [5.41, 5.74) is 2.51. The van der Waals surface area contributed by atoms with Gasteiger partial charge in [0.2, 0.25) is 5.69 Å². The molecule has 2 aromatic rings. The van der Waals surface area contributed by atoms with E-state index < -0.39 is 26.2 Å². The Kier molecular flexibility index (Phi) is 5.78. The number of benzene rings is 2. The van der Waals surface area contributed by atoms with Crippen molar-refractivity contribution < 1.29 is 27.6 Å². The Labute approximate surface area is 174 Å². The summed E-state index contributed by atoms with van der Waals surface area (Å²) in [6.07, 6.45) is 3.53. The fourth-order valence-electron chi connectivity index (χ4n) is 3.74. The molecule has 0 saturated carbocycles. The van der Waals surface area contributed by atoms with Gasteiger partial charge in [0.05, 0.1) is 20.5 Å². The fourth-order valence-corrected chi connectivity index (χ4v) is 4.22. The first kappa shape index (κ1) is 21.7. The van der Waals surface area contributed by atoms with Gasteiger partial charge >= 0.3 is 0 Å². The van der Waals surface area contributed by atoms with Crippen molar-refractivity contribution in [3.63, 3.8) is 0 Å². The number of non-ortho nitro benzene ring substituents is 1. The number of hydrogen-bond acceptors (Lipinski definition) is 6. The van der Waals surface area contributed by atoms with E-state index in [2.05, 4.69) is 0 Å². The van der Waals surface area contributed by atoms with Gasteiger partial charge in [0.25, 0.3) is 5.69 Å². The number of hydrogen-bond donors (Lipinski definition) is 1. The molecule has 0 saturated heterocycles. The molecule has 1 N–H and O–H groups in total. The van der Waals surface area contributed by atoms with E-state index in [-0.39, 0.29) is 17.9 Å². The summed E-state index contributed by atoms with van der Waals surface area (Å²) >= 11 is 0. The van der Waals surface area contributed by atoms with Crippen LogP contribution in [0.2, 0.25) is 0 Å². The Morgan fingerprint density at radius 2 is 1.87 bits per heavy atom. The summed E-state index contributed by atoms with van der Waals surface area (Å²) in [5.74, 6) is -0.552. The highest BCUT2D eigenvalue weighted by molar-refractivity contribution is 7.85. The maximum absolute atomic E-state index is 11.0. The van der Waals surface area contributed by atoms with Gasteiger partial charge in [0, 0.05) is 47.6 Å². The van der Waals surface area contributed by atoms with Crippen molar-refractivity contribution in [2.75, 3.05) is 12.3 Å². The van der Waals surface area contributed by atoms with Crippen LogP contribution >= 0.6 is 0 Å². The number of phenolic OH excluding ortho intramolecular Hbond substituents is 1. The summed E-state index contributed by atoms with van der Waals surface area (Å²) in [7, 11) is -4.31. The molecular weight excluding hydrogens is 408 g/mol. The van der Waals surface area contributed by atoms with Crippen LogP contribution in [0.25, 0.3) is 6.08 Å². The van der Waals surface area contributed by atoms with Gasteiger partial charge in [-0.3, -0.25) is 10.1 Å². The molecule has 2 aromatic carbocycles. The molecule has 0 aliphatic carbocycles. The first-order valence-corrected chi connectivity index (χ1v) is 10.9. The molecule has 0 aromatic heterocycles. The van der Waals surface area contributed by atoms with Crippen molar-refractivity contribution in [3.05, 3.63) is 69.8 Å². The molecule has 3 rings (SSSR count). The van der Waals surface area contributed by atoms with E-state index in [1.807, 2.05) is 42.7 Å². The molecule has 0 spiro atoms.